The van der Waals surface area contributed by atoms with Gasteiger partial charge in [-0.3, -0.25) is 9.59 Å². The molecule has 1 aromatic rings. The van der Waals surface area contributed by atoms with Gasteiger partial charge in [0.1, 0.15) is 5.82 Å². The van der Waals surface area contributed by atoms with E-state index in [1.54, 1.807) is 12.3 Å². The van der Waals surface area contributed by atoms with Crippen LogP contribution in [-0.2, 0) is 14.3 Å². The normalized spacial score (nSPS) is 19.0. The van der Waals surface area contributed by atoms with Crippen LogP contribution in [0.4, 0.5) is 5.82 Å². The van der Waals surface area contributed by atoms with Gasteiger partial charge in [0.05, 0.1) is 18.2 Å². The summed E-state index contributed by atoms with van der Waals surface area (Å²) in [6, 6.07) is 2.15. The Morgan fingerprint density at radius 3 is 2.75 bits per heavy atom. The van der Waals surface area contributed by atoms with E-state index in [1.807, 2.05) is 4.68 Å². The Bertz CT molecular complexity index is 502. The summed E-state index contributed by atoms with van der Waals surface area (Å²) in [5, 5.41) is 7.05. The molecule has 1 aromatic heterocycles. The molecule has 2 aliphatic rings. The molecule has 0 aliphatic heterocycles. The summed E-state index contributed by atoms with van der Waals surface area (Å²) in [5.74, 6) is 0.138. The topological polar surface area (TPSA) is 73.2 Å². The lowest BCUT2D eigenvalue weighted by atomic mass is 10.2. The zero-order valence-electron chi connectivity index (χ0n) is 11.4. The van der Waals surface area contributed by atoms with Crippen molar-refractivity contribution in [2.45, 2.75) is 44.6 Å². The third-order valence-corrected chi connectivity index (χ3v) is 3.86. The minimum Gasteiger partial charge on any atom is -0.455 e. The monoisotopic (exact) mass is 277 g/mol. The highest BCUT2D eigenvalue weighted by Gasteiger charge is 2.31. The van der Waals surface area contributed by atoms with E-state index in [0.29, 0.717) is 11.9 Å². The standard InChI is InChI=1S/C14H19N3O3/c18-13(9-20-14(19)10-5-6-10)16-12-7-8-15-17(12)11-3-1-2-4-11/h7-8,10-11H,1-6,9H2,(H,16,18). The van der Waals surface area contributed by atoms with Crippen LogP contribution >= 0.6 is 0 Å². The van der Waals surface area contributed by atoms with Crippen LogP contribution in [0.5, 0.6) is 0 Å². The molecule has 6 nitrogen and oxygen atoms in total. The summed E-state index contributed by atoms with van der Waals surface area (Å²) in [6.07, 6.45) is 8.06. The molecule has 0 atom stereocenters. The molecule has 0 radical (unpaired) electrons. The molecule has 108 valence electrons. The second-order valence-corrected chi connectivity index (χ2v) is 5.53. The molecular formula is C14H19N3O3. The highest BCUT2D eigenvalue weighted by atomic mass is 16.5. The second-order valence-electron chi connectivity index (χ2n) is 5.53. The molecule has 0 bridgehead atoms. The fourth-order valence-corrected chi connectivity index (χ4v) is 2.61. The van der Waals surface area contributed by atoms with E-state index in [2.05, 4.69) is 10.4 Å². The van der Waals surface area contributed by atoms with Crippen molar-refractivity contribution in [3.63, 3.8) is 0 Å². The van der Waals surface area contributed by atoms with Crippen molar-refractivity contribution in [1.82, 2.24) is 9.78 Å². The lowest BCUT2D eigenvalue weighted by molar-refractivity contribution is -0.148. The SMILES string of the molecule is O=C(COC(=O)C1CC1)Nc1ccnn1C1CCCC1. The summed E-state index contributed by atoms with van der Waals surface area (Å²) >= 11 is 0. The summed E-state index contributed by atoms with van der Waals surface area (Å²) in [6.45, 7) is -0.217. The number of carbonyl (C=O) groups excluding carboxylic acids is 2. The van der Waals surface area contributed by atoms with Crippen molar-refractivity contribution >= 4 is 17.7 Å². The lowest BCUT2D eigenvalue weighted by Gasteiger charge is -2.14. The van der Waals surface area contributed by atoms with Crippen molar-refractivity contribution in [2.24, 2.45) is 5.92 Å². The maximum absolute atomic E-state index is 11.8. The number of aromatic nitrogens is 2. The maximum atomic E-state index is 11.8. The number of ether oxygens (including phenoxy) is 1. The van der Waals surface area contributed by atoms with E-state index in [-0.39, 0.29) is 24.4 Å². The molecule has 6 heteroatoms. The number of nitrogens with zero attached hydrogens (tertiary/aromatic N) is 2. The van der Waals surface area contributed by atoms with Crippen molar-refractivity contribution in [3.8, 4) is 0 Å². The molecule has 2 saturated carbocycles. The number of hydrogen-bond acceptors (Lipinski definition) is 4. The molecule has 0 aromatic carbocycles. The van der Waals surface area contributed by atoms with E-state index in [4.69, 9.17) is 4.74 Å². The lowest BCUT2D eigenvalue weighted by Crippen LogP contribution is -2.23. The molecule has 1 heterocycles. The summed E-state index contributed by atoms with van der Waals surface area (Å²) in [7, 11) is 0. The Morgan fingerprint density at radius 1 is 1.30 bits per heavy atom. The van der Waals surface area contributed by atoms with Gasteiger partial charge in [0.2, 0.25) is 0 Å². The first-order valence-corrected chi connectivity index (χ1v) is 7.24. The first kappa shape index (κ1) is 13.1. The highest BCUT2D eigenvalue weighted by molar-refractivity contribution is 5.92. The molecule has 2 fully saturated rings. The van der Waals surface area contributed by atoms with Crippen LogP contribution in [0.15, 0.2) is 12.3 Å². The largest absolute Gasteiger partial charge is 0.455 e. The highest BCUT2D eigenvalue weighted by Crippen LogP contribution is 2.31. The van der Waals surface area contributed by atoms with Gasteiger partial charge in [-0.25, -0.2) is 4.68 Å². The third-order valence-electron chi connectivity index (χ3n) is 3.86. The zero-order chi connectivity index (χ0) is 13.9. The number of nitrogens with one attached hydrogen (secondary N) is 1. The second kappa shape index (κ2) is 5.64. The first-order chi connectivity index (χ1) is 9.74. The van der Waals surface area contributed by atoms with Crippen LogP contribution in [0.2, 0.25) is 0 Å². The van der Waals surface area contributed by atoms with Crippen LogP contribution in [0.1, 0.15) is 44.6 Å². The van der Waals surface area contributed by atoms with Gasteiger partial charge in [0.25, 0.3) is 5.91 Å². The smallest absolute Gasteiger partial charge is 0.309 e. The molecule has 20 heavy (non-hydrogen) atoms. The van der Waals surface area contributed by atoms with Gasteiger partial charge in [-0.1, -0.05) is 12.8 Å². The van der Waals surface area contributed by atoms with Gasteiger partial charge >= 0.3 is 5.97 Å². The Hall–Kier alpha value is -1.85. The minimum atomic E-state index is -0.307. The summed E-state index contributed by atoms with van der Waals surface area (Å²) in [5.41, 5.74) is 0. The van der Waals surface area contributed by atoms with Crippen molar-refractivity contribution in [3.05, 3.63) is 12.3 Å². The van der Waals surface area contributed by atoms with Crippen molar-refractivity contribution in [1.29, 1.82) is 0 Å². The number of esters is 1. The van der Waals surface area contributed by atoms with E-state index < -0.39 is 0 Å². The van der Waals surface area contributed by atoms with Crippen molar-refractivity contribution < 1.29 is 14.3 Å². The Labute approximate surface area is 117 Å². The summed E-state index contributed by atoms with van der Waals surface area (Å²) in [4.78, 5) is 23.2. The van der Waals surface area contributed by atoms with Gasteiger partial charge in [-0.2, -0.15) is 5.10 Å². The number of rotatable bonds is 5. The fraction of sp³-hybridized carbons (Fsp3) is 0.643. The van der Waals surface area contributed by atoms with Gasteiger partial charge in [0, 0.05) is 6.07 Å². The number of anilines is 1. The Morgan fingerprint density at radius 2 is 2.05 bits per heavy atom. The van der Waals surface area contributed by atoms with Crippen LogP contribution in [0.25, 0.3) is 0 Å². The Balaban J connectivity index is 1.52. The number of carbonyl (C=O) groups is 2. The number of amides is 1. The van der Waals surface area contributed by atoms with Crippen molar-refractivity contribution in [2.75, 3.05) is 11.9 Å². The van der Waals surface area contributed by atoms with Crippen LogP contribution < -0.4 is 5.32 Å². The predicted octanol–water partition coefficient (Wildman–Crippen LogP) is 1.89. The summed E-state index contributed by atoms with van der Waals surface area (Å²) < 4.78 is 6.83. The third kappa shape index (κ3) is 3.00. The van der Waals surface area contributed by atoms with Crippen LogP contribution in [0, 0.1) is 5.92 Å². The minimum absolute atomic E-state index is 0.0202. The van der Waals surface area contributed by atoms with E-state index in [0.717, 1.165) is 25.7 Å². The van der Waals surface area contributed by atoms with Crippen LogP contribution in [0.3, 0.4) is 0 Å². The molecule has 2 aliphatic carbocycles. The predicted molar refractivity (Wildman–Crippen MR) is 72.0 cm³/mol. The van der Waals surface area contributed by atoms with Gasteiger partial charge in [-0.15, -0.1) is 0 Å². The van der Waals surface area contributed by atoms with Gasteiger partial charge in [0.15, 0.2) is 6.61 Å². The number of hydrogen-bond donors (Lipinski definition) is 1. The molecular weight excluding hydrogens is 258 g/mol. The maximum Gasteiger partial charge on any atom is 0.309 e. The fourth-order valence-electron chi connectivity index (χ4n) is 2.61. The molecule has 0 spiro atoms. The molecule has 0 saturated heterocycles. The Kier molecular flexibility index (Phi) is 3.71. The van der Waals surface area contributed by atoms with E-state index >= 15 is 0 Å². The first-order valence-electron chi connectivity index (χ1n) is 7.24. The molecule has 3 rings (SSSR count). The average Bonchev–Trinajstić information content (AvgIpc) is 2.96. The average molecular weight is 277 g/mol. The van der Waals surface area contributed by atoms with Gasteiger partial charge < -0.3 is 10.1 Å². The molecule has 0 unspecified atom stereocenters. The van der Waals surface area contributed by atoms with E-state index in [1.165, 1.54) is 12.8 Å². The molecule has 1 amide bonds. The van der Waals surface area contributed by atoms with Gasteiger partial charge in [-0.05, 0) is 25.7 Å². The zero-order valence-corrected chi connectivity index (χ0v) is 11.4. The molecule has 1 N–H and O–H groups in total. The van der Waals surface area contributed by atoms with Crippen LogP contribution in [-0.4, -0.2) is 28.3 Å². The van der Waals surface area contributed by atoms with E-state index in [9.17, 15) is 9.59 Å². The quantitative estimate of drug-likeness (QED) is 0.834.